The highest BCUT2D eigenvalue weighted by atomic mass is 16.2. The molecule has 0 radical (unpaired) electrons. The average Bonchev–Trinajstić information content (AvgIpc) is 3.09. The number of carbonyl (C=O) groups is 2. The summed E-state index contributed by atoms with van der Waals surface area (Å²) in [6.07, 6.45) is 9.83. The fourth-order valence-corrected chi connectivity index (χ4v) is 5.85. The van der Waals surface area contributed by atoms with Crippen LogP contribution < -0.4 is 11.0 Å². The van der Waals surface area contributed by atoms with Crippen LogP contribution in [0.15, 0.2) is 23.0 Å². The van der Waals surface area contributed by atoms with E-state index < -0.39 is 11.9 Å². The molecule has 1 N–H and O–H groups in total. The molecule has 1 unspecified atom stereocenters. The van der Waals surface area contributed by atoms with Crippen LogP contribution in [0.5, 0.6) is 0 Å². The maximum absolute atomic E-state index is 12.9. The number of nitrogens with one attached hydrogen (secondary N) is 1. The summed E-state index contributed by atoms with van der Waals surface area (Å²) in [5, 5.41) is 2.35. The lowest BCUT2D eigenvalue weighted by Crippen LogP contribution is -2.44. The second kappa shape index (κ2) is 9.79. The molecular weight excluding hydrogens is 428 g/mol. The SMILES string of the molecule is Cn1c(=O)n(C2CCC(=O)NC2=O)c2ccc(C#CC3CCN(CC4CCCCC4)CC3)cc21. The maximum atomic E-state index is 12.9. The van der Waals surface area contributed by atoms with Gasteiger partial charge in [0, 0.05) is 31.5 Å². The van der Waals surface area contributed by atoms with Crippen LogP contribution in [-0.2, 0) is 16.6 Å². The van der Waals surface area contributed by atoms with Crippen LogP contribution in [0.4, 0.5) is 0 Å². The Morgan fingerprint density at radius 3 is 2.47 bits per heavy atom. The molecule has 0 bridgehead atoms. The lowest BCUT2D eigenvalue weighted by Gasteiger charge is -2.34. The summed E-state index contributed by atoms with van der Waals surface area (Å²) in [5.41, 5.74) is 2.08. The predicted octanol–water partition coefficient (Wildman–Crippen LogP) is 2.96. The first kappa shape index (κ1) is 22.9. The Bertz CT molecular complexity index is 1200. The summed E-state index contributed by atoms with van der Waals surface area (Å²) in [5.74, 6) is 7.41. The quantitative estimate of drug-likeness (QED) is 0.562. The number of aryl methyl sites for hydroxylation is 1. The van der Waals surface area contributed by atoms with Gasteiger partial charge in [0.1, 0.15) is 6.04 Å². The molecule has 7 heteroatoms. The number of piperidine rings is 2. The number of amides is 2. The Balaban J connectivity index is 1.27. The Morgan fingerprint density at radius 2 is 1.74 bits per heavy atom. The van der Waals surface area contributed by atoms with E-state index in [4.69, 9.17) is 0 Å². The third kappa shape index (κ3) is 4.69. The largest absolute Gasteiger partial charge is 0.329 e. The van der Waals surface area contributed by atoms with E-state index in [0.29, 0.717) is 17.9 Å². The van der Waals surface area contributed by atoms with Crippen molar-refractivity contribution < 1.29 is 9.59 Å². The maximum Gasteiger partial charge on any atom is 0.329 e. The number of benzene rings is 1. The first-order valence-corrected chi connectivity index (χ1v) is 12.8. The van der Waals surface area contributed by atoms with Gasteiger partial charge in [-0.2, -0.15) is 0 Å². The number of carbonyl (C=O) groups excluding carboxylic acids is 2. The van der Waals surface area contributed by atoms with Gasteiger partial charge in [-0.1, -0.05) is 31.1 Å². The molecule has 3 fully saturated rings. The summed E-state index contributed by atoms with van der Waals surface area (Å²) in [4.78, 5) is 39.4. The zero-order chi connectivity index (χ0) is 23.7. The molecule has 5 rings (SSSR count). The van der Waals surface area contributed by atoms with Gasteiger partial charge in [-0.15, -0.1) is 0 Å². The smallest absolute Gasteiger partial charge is 0.303 e. The second-order valence-electron chi connectivity index (χ2n) is 10.2. The third-order valence-electron chi connectivity index (χ3n) is 7.86. The number of rotatable bonds is 3. The first-order valence-electron chi connectivity index (χ1n) is 12.8. The van der Waals surface area contributed by atoms with Gasteiger partial charge >= 0.3 is 5.69 Å². The zero-order valence-corrected chi connectivity index (χ0v) is 20.0. The van der Waals surface area contributed by atoms with E-state index in [1.807, 2.05) is 18.2 Å². The summed E-state index contributed by atoms with van der Waals surface area (Å²) >= 11 is 0. The van der Waals surface area contributed by atoms with E-state index in [2.05, 4.69) is 22.1 Å². The number of hydrogen-bond acceptors (Lipinski definition) is 4. The molecule has 3 aliphatic rings. The summed E-state index contributed by atoms with van der Waals surface area (Å²) < 4.78 is 3.07. The van der Waals surface area contributed by atoms with Crippen molar-refractivity contribution in [1.82, 2.24) is 19.4 Å². The Kier molecular flexibility index (Phi) is 6.60. The molecule has 1 saturated carbocycles. The van der Waals surface area contributed by atoms with E-state index in [1.54, 1.807) is 11.6 Å². The molecule has 2 saturated heterocycles. The third-order valence-corrected chi connectivity index (χ3v) is 7.86. The number of fused-ring (bicyclic) bond motifs is 1. The minimum atomic E-state index is -0.662. The fraction of sp³-hybridized carbons (Fsp3) is 0.593. The topological polar surface area (TPSA) is 76.3 Å². The lowest BCUT2D eigenvalue weighted by atomic mass is 9.88. The Hall–Kier alpha value is -2.85. The molecule has 2 aliphatic heterocycles. The van der Waals surface area contributed by atoms with Crippen LogP contribution in [0.2, 0.25) is 0 Å². The molecule has 180 valence electrons. The second-order valence-corrected chi connectivity index (χ2v) is 10.2. The van der Waals surface area contributed by atoms with E-state index in [0.717, 1.165) is 42.9 Å². The number of imidazole rings is 1. The number of nitrogens with zero attached hydrogens (tertiary/aromatic N) is 3. The summed E-state index contributed by atoms with van der Waals surface area (Å²) in [6.45, 7) is 3.53. The fourth-order valence-electron chi connectivity index (χ4n) is 5.85. The van der Waals surface area contributed by atoms with Crippen molar-refractivity contribution in [3.05, 3.63) is 34.2 Å². The van der Waals surface area contributed by atoms with E-state index in [1.165, 1.54) is 43.2 Å². The van der Waals surface area contributed by atoms with Crippen molar-refractivity contribution in [2.45, 2.75) is 63.8 Å². The zero-order valence-electron chi connectivity index (χ0n) is 20.0. The highest BCUT2D eigenvalue weighted by Gasteiger charge is 2.31. The van der Waals surface area contributed by atoms with Gasteiger partial charge in [0.2, 0.25) is 11.8 Å². The highest BCUT2D eigenvalue weighted by molar-refractivity contribution is 6.00. The van der Waals surface area contributed by atoms with Crippen molar-refractivity contribution in [3.8, 4) is 11.8 Å². The predicted molar refractivity (Wildman–Crippen MR) is 131 cm³/mol. The molecule has 0 spiro atoms. The van der Waals surface area contributed by atoms with Gasteiger partial charge < -0.3 is 4.90 Å². The van der Waals surface area contributed by atoms with E-state index >= 15 is 0 Å². The van der Waals surface area contributed by atoms with E-state index in [-0.39, 0.29) is 18.0 Å². The lowest BCUT2D eigenvalue weighted by molar-refractivity contribution is -0.135. The molecule has 7 nitrogen and oxygen atoms in total. The molecule has 1 aromatic carbocycles. The van der Waals surface area contributed by atoms with Gasteiger partial charge in [-0.3, -0.25) is 24.0 Å². The van der Waals surface area contributed by atoms with Crippen LogP contribution in [0.25, 0.3) is 11.0 Å². The monoisotopic (exact) mass is 462 g/mol. The van der Waals surface area contributed by atoms with Crippen molar-refractivity contribution in [1.29, 1.82) is 0 Å². The normalized spacial score (nSPS) is 23.0. The van der Waals surface area contributed by atoms with Crippen LogP contribution in [-0.4, -0.2) is 45.5 Å². The van der Waals surface area contributed by atoms with Crippen molar-refractivity contribution >= 4 is 22.8 Å². The van der Waals surface area contributed by atoms with Crippen LogP contribution >= 0.6 is 0 Å². The van der Waals surface area contributed by atoms with Crippen LogP contribution in [0.1, 0.15) is 69.4 Å². The number of likely N-dealkylation sites (tertiary alicyclic amines) is 1. The van der Waals surface area contributed by atoms with E-state index in [9.17, 15) is 14.4 Å². The average molecular weight is 463 g/mol. The minimum absolute atomic E-state index is 0.238. The van der Waals surface area contributed by atoms with Crippen LogP contribution in [0, 0.1) is 23.7 Å². The van der Waals surface area contributed by atoms with Crippen LogP contribution in [0.3, 0.4) is 0 Å². The number of hydrogen-bond donors (Lipinski definition) is 1. The summed E-state index contributed by atoms with van der Waals surface area (Å²) in [7, 11) is 1.71. The molecule has 2 aromatic rings. The molecule has 34 heavy (non-hydrogen) atoms. The molecule has 1 aliphatic carbocycles. The number of aromatic nitrogens is 2. The molecule has 3 heterocycles. The molecular formula is C27H34N4O3. The van der Waals surface area contributed by atoms with Gasteiger partial charge in [-0.05, 0) is 69.3 Å². The van der Waals surface area contributed by atoms with Gasteiger partial charge in [-0.25, -0.2) is 4.79 Å². The van der Waals surface area contributed by atoms with Gasteiger partial charge in [0.15, 0.2) is 0 Å². The van der Waals surface area contributed by atoms with Crippen molar-refractivity contribution in [2.75, 3.05) is 19.6 Å². The molecule has 1 atom stereocenters. The van der Waals surface area contributed by atoms with Crippen molar-refractivity contribution in [3.63, 3.8) is 0 Å². The minimum Gasteiger partial charge on any atom is -0.303 e. The van der Waals surface area contributed by atoms with Crippen molar-refractivity contribution in [2.24, 2.45) is 18.9 Å². The van der Waals surface area contributed by atoms with Gasteiger partial charge in [0.05, 0.1) is 11.0 Å². The molecule has 1 aromatic heterocycles. The Labute approximate surface area is 200 Å². The molecule has 2 amide bonds. The highest BCUT2D eigenvalue weighted by Crippen LogP contribution is 2.27. The Morgan fingerprint density at radius 1 is 0.971 bits per heavy atom. The summed E-state index contributed by atoms with van der Waals surface area (Å²) in [6, 6.07) is 5.07. The first-order chi connectivity index (χ1) is 16.5. The van der Waals surface area contributed by atoms with Gasteiger partial charge in [0.25, 0.3) is 0 Å². The standard InChI is InChI=1S/C27H34N4O3/c1-29-24-17-20(8-7-19-13-15-30(16-14-19)18-21-5-3-2-4-6-21)9-10-22(24)31(27(29)34)23-11-12-25(32)28-26(23)33/h9-10,17,19,21,23H,2-6,11-16,18H2,1H3,(H,28,32,33). The number of imide groups is 1.